The van der Waals surface area contributed by atoms with Crippen molar-refractivity contribution in [3.63, 3.8) is 0 Å². The van der Waals surface area contributed by atoms with Crippen molar-refractivity contribution in [2.24, 2.45) is 0 Å². The molecule has 10 nitrogen and oxygen atoms in total. The zero-order chi connectivity index (χ0) is 24.4. The summed E-state index contributed by atoms with van der Waals surface area (Å²) >= 11 is 0. The first-order chi connectivity index (χ1) is 17.1. The molecule has 2 aromatic carbocycles. The summed E-state index contributed by atoms with van der Waals surface area (Å²) in [5.41, 5.74) is 4.27. The number of hydrogen-bond donors (Lipinski definition) is 0. The molecule has 3 heterocycles. The summed E-state index contributed by atoms with van der Waals surface area (Å²) in [5.74, 6) is 2.08. The Kier molecular flexibility index (Phi) is 6.17. The van der Waals surface area contributed by atoms with Crippen LogP contribution in [0.2, 0.25) is 0 Å². The number of methoxy groups -OCH3 is 2. The highest BCUT2D eigenvalue weighted by molar-refractivity contribution is 5.84. The van der Waals surface area contributed by atoms with Crippen molar-refractivity contribution in [3.05, 3.63) is 59.9 Å². The molecule has 1 aliphatic rings. The molecular weight excluding hydrogens is 446 g/mol. The molecule has 1 saturated heterocycles. The van der Waals surface area contributed by atoms with Crippen molar-refractivity contribution in [2.45, 2.75) is 13.3 Å². The second-order valence-electron chi connectivity index (χ2n) is 8.44. The van der Waals surface area contributed by atoms with Gasteiger partial charge in [0.1, 0.15) is 6.33 Å². The molecular formula is C25H27N7O3. The number of hydrogen-bond acceptors (Lipinski definition) is 8. The monoisotopic (exact) mass is 473 g/mol. The van der Waals surface area contributed by atoms with Crippen molar-refractivity contribution >= 4 is 22.9 Å². The molecule has 1 aliphatic heterocycles. The fourth-order valence-electron chi connectivity index (χ4n) is 4.27. The van der Waals surface area contributed by atoms with Crippen LogP contribution in [0, 0.1) is 6.92 Å². The van der Waals surface area contributed by atoms with Crippen LogP contribution in [-0.4, -0.2) is 76.2 Å². The van der Waals surface area contributed by atoms with Gasteiger partial charge in [0, 0.05) is 26.2 Å². The van der Waals surface area contributed by atoms with E-state index in [0.717, 1.165) is 17.1 Å². The molecule has 0 unspecified atom stereocenters. The van der Waals surface area contributed by atoms with Gasteiger partial charge in [0.05, 0.1) is 26.3 Å². The summed E-state index contributed by atoms with van der Waals surface area (Å²) in [6.45, 7) is 4.55. The van der Waals surface area contributed by atoms with Crippen molar-refractivity contribution in [3.8, 4) is 17.2 Å². The lowest BCUT2D eigenvalue weighted by Gasteiger charge is -2.35. The molecule has 0 atom stereocenters. The van der Waals surface area contributed by atoms with E-state index in [1.807, 2.05) is 54.3 Å². The van der Waals surface area contributed by atoms with E-state index < -0.39 is 0 Å². The number of anilines is 1. The predicted octanol–water partition coefficient (Wildman–Crippen LogP) is 2.43. The third kappa shape index (κ3) is 4.46. The lowest BCUT2D eigenvalue weighted by Crippen LogP contribution is -2.49. The Hall–Kier alpha value is -4.21. The fraction of sp³-hybridized carbons (Fsp3) is 0.320. The highest BCUT2D eigenvalue weighted by Crippen LogP contribution is 2.28. The zero-order valence-corrected chi connectivity index (χ0v) is 20.0. The van der Waals surface area contributed by atoms with Crippen LogP contribution in [0.4, 0.5) is 5.82 Å². The Bertz CT molecular complexity index is 1350. The van der Waals surface area contributed by atoms with Crippen LogP contribution >= 0.6 is 0 Å². The van der Waals surface area contributed by atoms with Gasteiger partial charge in [0.15, 0.2) is 28.5 Å². The molecule has 0 bridgehead atoms. The molecule has 0 N–H and O–H groups in total. The maximum atomic E-state index is 12.9. The maximum absolute atomic E-state index is 12.9. The minimum Gasteiger partial charge on any atom is -0.493 e. The van der Waals surface area contributed by atoms with E-state index in [-0.39, 0.29) is 5.91 Å². The summed E-state index contributed by atoms with van der Waals surface area (Å²) in [6, 6.07) is 13.6. The van der Waals surface area contributed by atoms with E-state index in [1.165, 1.54) is 5.56 Å². The molecule has 35 heavy (non-hydrogen) atoms. The second-order valence-corrected chi connectivity index (χ2v) is 8.44. The SMILES string of the molecule is COc1ccc(CC(=O)N2CCN(c3ncnc4c3nnn4-c3ccc(C)cc3)CC2)cc1OC. The van der Waals surface area contributed by atoms with Gasteiger partial charge in [-0.05, 0) is 36.8 Å². The summed E-state index contributed by atoms with van der Waals surface area (Å²) < 4.78 is 12.4. The van der Waals surface area contributed by atoms with Gasteiger partial charge in [-0.2, -0.15) is 4.68 Å². The lowest BCUT2D eigenvalue weighted by molar-refractivity contribution is -0.130. The van der Waals surface area contributed by atoms with Gasteiger partial charge in [-0.1, -0.05) is 29.0 Å². The van der Waals surface area contributed by atoms with Crippen LogP contribution in [0.5, 0.6) is 11.5 Å². The van der Waals surface area contributed by atoms with E-state index >= 15 is 0 Å². The number of nitrogens with zero attached hydrogens (tertiary/aromatic N) is 7. The molecule has 0 radical (unpaired) electrons. The highest BCUT2D eigenvalue weighted by atomic mass is 16.5. The summed E-state index contributed by atoms with van der Waals surface area (Å²) in [5, 5.41) is 8.70. The minimum absolute atomic E-state index is 0.0787. The predicted molar refractivity (Wildman–Crippen MR) is 131 cm³/mol. The summed E-state index contributed by atoms with van der Waals surface area (Å²) in [7, 11) is 3.18. The second kappa shape index (κ2) is 9.57. The Labute approximate surface area is 203 Å². The third-order valence-electron chi connectivity index (χ3n) is 6.23. The van der Waals surface area contributed by atoms with Crippen molar-refractivity contribution in [1.29, 1.82) is 0 Å². The van der Waals surface area contributed by atoms with E-state index in [1.54, 1.807) is 25.2 Å². The minimum atomic E-state index is 0.0787. The number of aryl methyl sites for hydroxylation is 1. The number of fused-ring (bicyclic) bond motifs is 1. The Balaban J connectivity index is 1.28. The first-order valence-electron chi connectivity index (χ1n) is 11.4. The molecule has 1 amide bonds. The highest BCUT2D eigenvalue weighted by Gasteiger charge is 2.25. The van der Waals surface area contributed by atoms with Gasteiger partial charge < -0.3 is 19.3 Å². The first kappa shape index (κ1) is 22.6. The van der Waals surface area contributed by atoms with Crippen molar-refractivity contribution in [1.82, 2.24) is 29.9 Å². The van der Waals surface area contributed by atoms with Crippen molar-refractivity contribution in [2.75, 3.05) is 45.3 Å². The Morgan fingerprint density at radius 3 is 2.40 bits per heavy atom. The average Bonchev–Trinajstić information content (AvgIpc) is 3.33. The van der Waals surface area contributed by atoms with Crippen LogP contribution in [0.1, 0.15) is 11.1 Å². The summed E-state index contributed by atoms with van der Waals surface area (Å²) in [4.78, 5) is 25.9. The Morgan fingerprint density at radius 1 is 0.943 bits per heavy atom. The van der Waals surface area contributed by atoms with Gasteiger partial charge in [-0.15, -0.1) is 5.10 Å². The van der Waals surface area contributed by atoms with Crippen LogP contribution in [-0.2, 0) is 11.2 Å². The van der Waals surface area contributed by atoms with Crippen LogP contribution < -0.4 is 14.4 Å². The number of piperazine rings is 1. The van der Waals surface area contributed by atoms with Gasteiger partial charge in [0.2, 0.25) is 5.91 Å². The van der Waals surface area contributed by atoms with Crippen LogP contribution in [0.3, 0.4) is 0 Å². The number of benzene rings is 2. The summed E-state index contributed by atoms with van der Waals surface area (Å²) in [6.07, 6.45) is 1.85. The molecule has 2 aromatic heterocycles. The fourth-order valence-corrected chi connectivity index (χ4v) is 4.27. The Morgan fingerprint density at radius 2 is 1.69 bits per heavy atom. The number of rotatable bonds is 6. The van der Waals surface area contributed by atoms with Gasteiger partial charge in [-0.25, -0.2) is 9.97 Å². The van der Waals surface area contributed by atoms with E-state index in [0.29, 0.717) is 55.3 Å². The largest absolute Gasteiger partial charge is 0.493 e. The number of ether oxygens (including phenoxy) is 2. The molecule has 0 aliphatic carbocycles. The molecule has 180 valence electrons. The number of carbonyl (C=O) groups is 1. The molecule has 4 aromatic rings. The van der Waals surface area contributed by atoms with Gasteiger partial charge >= 0.3 is 0 Å². The average molecular weight is 474 g/mol. The molecule has 1 fully saturated rings. The molecule has 5 rings (SSSR count). The number of carbonyl (C=O) groups excluding carboxylic acids is 1. The standard InChI is InChI=1S/C25H27N7O3/c1-17-4-7-19(8-5-17)32-25-23(28-29-32)24(26-16-27-25)31-12-10-30(11-13-31)22(33)15-18-6-9-20(34-2)21(14-18)35-3/h4-9,14,16H,10-13,15H2,1-3H3. The smallest absolute Gasteiger partial charge is 0.227 e. The van der Waals surface area contributed by atoms with Gasteiger partial charge in [0.25, 0.3) is 0 Å². The maximum Gasteiger partial charge on any atom is 0.227 e. The van der Waals surface area contributed by atoms with Crippen LogP contribution in [0.25, 0.3) is 16.9 Å². The first-order valence-corrected chi connectivity index (χ1v) is 11.4. The lowest BCUT2D eigenvalue weighted by atomic mass is 10.1. The normalized spacial score (nSPS) is 13.8. The quantitative estimate of drug-likeness (QED) is 0.421. The zero-order valence-electron chi connectivity index (χ0n) is 20.0. The molecule has 10 heteroatoms. The van der Waals surface area contributed by atoms with E-state index in [4.69, 9.17) is 9.47 Å². The topological polar surface area (TPSA) is 98.5 Å². The van der Waals surface area contributed by atoms with E-state index in [2.05, 4.69) is 25.2 Å². The van der Waals surface area contributed by atoms with E-state index in [9.17, 15) is 4.79 Å². The number of amides is 1. The third-order valence-corrected chi connectivity index (χ3v) is 6.23. The molecule has 0 spiro atoms. The van der Waals surface area contributed by atoms with Gasteiger partial charge in [-0.3, -0.25) is 4.79 Å². The van der Waals surface area contributed by atoms with Crippen LogP contribution in [0.15, 0.2) is 48.8 Å². The molecule has 0 saturated carbocycles. The number of aromatic nitrogens is 5. The van der Waals surface area contributed by atoms with Crippen molar-refractivity contribution < 1.29 is 14.3 Å².